The van der Waals surface area contributed by atoms with Crippen molar-refractivity contribution < 1.29 is 23.9 Å². The Morgan fingerprint density at radius 3 is 2.38 bits per heavy atom. The van der Waals surface area contributed by atoms with Crippen LogP contribution in [0.1, 0.15) is 39.6 Å². The van der Waals surface area contributed by atoms with Crippen molar-refractivity contribution in [3.63, 3.8) is 0 Å². The minimum Gasteiger partial charge on any atom is -0.497 e. The predicted molar refractivity (Wildman–Crippen MR) is 144 cm³/mol. The zero-order valence-corrected chi connectivity index (χ0v) is 20.7. The Morgan fingerprint density at radius 2 is 1.59 bits per heavy atom. The van der Waals surface area contributed by atoms with Gasteiger partial charge in [0.05, 0.1) is 25.0 Å². The van der Waals surface area contributed by atoms with Gasteiger partial charge in [-0.3, -0.25) is 14.4 Å². The largest absolute Gasteiger partial charge is 0.497 e. The van der Waals surface area contributed by atoms with Gasteiger partial charge in [-0.1, -0.05) is 42.5 Å². The maximum absolute atomic E-state index is 13.2. The summed E-state index contributed by atoms with van der Waals surface area (Å²) in [7, 11) is 1.52. The quantitative estimate of drug-likeness (QED) is 0.284. The van der Waals surface area contributed by atoms with Gasteiger partial charge in [0.1, 0.15) is 5.75 Å². The Labute approximate surface area is 215 Å². The fourth-order valence-corrected chi connectivity index (χ4v) is 3.96. The van der Waals surface area contributed by atoms with Gasteiger partial charge in [-0.25, -0.2) is 0 Å². The SMILES string of the molecule is CCOC(=O)CCc1cccc(NC(=O)c2ccc(OC)cc2NC(=O)c2ccc3ccccc3c2)c1. The summed E-state index contributed by atoms with van der Waals surface area (Å²) in [6, 6.07) is 25.4. The van der Waals surface area contributed by atoms with Crippen molar-refractivity contribution in [2.75, 3.05) is 24.4 Å². The van der Waals surface area contributed by atoms with Gasteiger partial charge in [0.25, 0.3) is 11.8 Å². The van der Waals surface area contributed by atoms with Crippen LogP contribution >= 0.6 is 0 Å². The van der Waals surface area contributed by atoms with Gasteiger partial charge in [0.15, 0.2) is 0 Å². The number of hydrogen-bond acceptors (Lipinski definition) is 5. The number of anilines is 2. The summed E-state index contributed by atoms with van der Waals surface area (Å²) in [6.07, 6.45) is 0.757. The molecular weight excluding hydrogens is 468 g/mol. The van der Waals surface area contributed by atoms with Gasteiger partial charge in [0, 0.05) is 23.7 Å². The Bertz CT molecular complexity index is 1450. The zero-order chi connectivity index (χ0) is 26.2. The number of benzene rings is 4. The number of carbonyl (C=O) groups excluding carboxylic acids is 3. The van der Waals surface area contributed by atoms with E-state index in [0.29, 0.717) is 35.7 Å². The molecule has 0 atom stereocenters. The molecule has 4 rings (SSSR count). The number of hydrogen-bond donors (Lipinski definition) is 2. The molecule has 0 heterocycles. The van der Waals surface area contributed by atoms with Crippen molar-refractivity contribution in [2.24, 2.45) is 0 Å². The Hall–Kier alpha value is -4.65. The molecule has 0 aliphatic rings. The van der Waals surface area contributed by atoms with Gasteiger partial charge in [-0.2, -0.15) is 0 Å². The summed E-state index contributed by atoms with van der Waals surface area (Å²) < 4.78 is 10.3. The number of carbonyl (C=O) groups is 3. The third-order valence-electron chi connectivity index (χ3n) is 5.84. The van der Waals surface area contributed by atoms with Crippen LogP contribution in [0, 0.1) is 0 Å². The van der Waals surface area contributed by atoms with E-state index >= 15 is 0 Å². The Balaban J connectivity index is 1.52. The third-order valence-corrected chi connectivity index (χ3v) is 5.84. The van der Waals surface area contributed by atoms with E-state index in [-0.39, 0.29) is 29.8 Å². The van der Waals surface area contributed by atoms with Crippen LogP contribution in [0.2, 0.25) is 0 Å². The number of rotatable bonds is 9. The highest BCUT2D eigenvalue weighted by molar-refractivity contribution is 6.13. The highest BCUT2D eigenvalue weighted by Crippen LogP contribution is 2.25. The van der Waals surface area contributed by atoms with Crippen molar-refractivity contribution in [3.8, 4) is 5.75 Å². The lowest BCUT2D eigenvalue weighted by Gasteiger charge is -2.14. The van der Waals surface area contributed by atoms with E-state index in [1.807, 2.05) is 54.6 Å². The summed E-state index contributed by atoms with van der Waals surface area (Å²) in [4.78, 5) is 38.0. The molecule has 0 bridgehead atoms. The molecule has 0 aliphatic heterocycles. The first-order chi connectivity index (χ1) is 18.0. The lowest BCUT2D eigenvalue weighted by molar-refractivity contribution is -0.143. The summed E-state index contributed by atoms with van der Waals surface area (Å²) in [5, 5.41) is 7.72. The number of esters is 1. The topological polar surface area (TPSA) is 93.7 Å². The first-order valence-electron chi connectivity index (χ1n) is 12.0. The molecular formula is C30H28N2O5. The van der Waals surface area contributed by atoms with Crippen molar-refractivity contribution >= 4 is 39.9 Å². The van der Waals surface area contributed by atoms with E-state index in [1.165, 1.54) is 7.11 Å². The van der Waals surface area contributed by atoms with Crippen molar-refractivity contribution in [2.45, 2.75) is 19.8 Å². The van der Waals surface area contributed by atoms with Crippen LogP contribution in [0.4, 0.5) is 11.4 Å². The van der Waals surface area contributed by atoms with Crippen molar-refractivity contribution in [1.29, 1.82) is 0 Å². The Morgan fingerprint density at radius 1 is 0.784 bits per heavy atom. The van der Waals surface area contributed by atoms with Crippen LogP contribution in [0.5, 0.6) is 5.75 Å². The molecule has 0 fully saturated rings. The third kappa shape index (κ3) is 6.52. The number of fused-ring (bicyclic) bond motifs is 1. The molecule has 0 aliphatic carbocycles. The molecule has 4 aromatic rings. The molecule has 7 nitrogen and oxygen atoms in total. The minimum absolute atomic E-state index is 0.259. The second-order valence-electron chi connectivity index (χ2n) is 8.39. The molecule has 4 aromatic carbocycles. The molecule has 0 unspecified atom stereocenters. The first-order valence-corrected chi connectivity index (χ1v) is 12.0. The van der Waals surface area contributed by atoms with Crippen LogP contribution in [-0.2, 0) is 16.0 Å². The van der Waals surface area contributed by atoms with Crippen LogP contribution < -0.4 is 15.4 Å². The molecule has 0 aromatic heterocycles. The fourth-order valence-electron chi connectivity index (χ4n) is 3.96. The number of amides is 2. The molecule has 0 radical (unpaired) electrons. The average molecular weight is 497 g/mol. The van der Waals surface area contributed by atoms with Crippen LogP contribution in [0.15, 0.2) is 84.9 Å². The van der Waals surface area contributed by atoms with Crippen molar-refractivity contribution in [1.82, 2.24) is 0 Å². The fraction of sp³-hybridized carbons (Fsp3) is 0.167. The minimum atomic E-state index is -0.390. The maximum atomic E-state index is 13.2. The van der Waals surface area contributed by atoms with Gasteiger partial charge in [-0.15, -0.1) is 0 Å². The lowest BCUT2D eigenvalue weighted by atomic mass is 10.1. The van der Waals surface area contributed by atoms with E-state index < -0.39 is 0 Å². The highest BCUT2D eigenvalue weighted by atomic mass is 16.5. The van der Waals surface area contributed by atoms with E-state index in [1.54, 1.807) is 37.3 Å². The van der Waals surface area contributed by atoms with Gasteiger partial charge in [-0.05, 0) is 66.1 Å². The molecule has 2 N–H and O–H groups in total. The summed E-state index contributed by atoms with van der Waals surface area (Å²) in [6.45, 7) is 2.11. The van der Waals surface area contributed by atoms with Crippen LogP contribution in [0.3, 0.4) is 0 Å². The van der Waals surface area contributed by atoms with Gasteiger partial charge in [0.2, 0.25) is 0 Å². The summed E-state index contributed by atoms with van der Waals surface area (Å²) >= 11 is 0. The lowest BCUT2D eigenvalue weighted by Crippen LogP contribution is -2.18. The number of nitrogens with one attached hydrogen (secondary N) is 2. The summed E-state index contributed by atoms with van der Waals surface area (Å²) in [5.74, 6) is -0.485. The normalized spacial score (nSPS) is 10.5. The summed E-state index contributed by atoms with van der Waals surface area (Å²) in [5.41, 5.74) is 2.56. The molecule has 0 saturated heterocycles. The second kappa shape index (κ2) is 11.9. The zero-order valence-electron chi connectivity index (χ0n) is 20.7. The van der Waals surface area contributed by atoms with Gasteiger partial charge < -0.3 is 20.1 Å². The van der Waals surface area contributed by atoms with Crippen LogP contribution in [-0.4, -0.2) is 31.5 Å². The number of methoxy groups -OCH3 is 1. The monoisotopic (exact) mass is 496 g/mol. The van der Waals surface area contributed by atoms with Gasteiger partial charge >= 0.3 is 5.97 Å². The average Bonchev–Trinajstić information content (AvgIpc) is 2.92. The molecule has 37 heavy (non-hydrogen) atoms. The first kappa shape index (κ1) is 25.4. The predicted octanol–water partition coefficient (Wildman–Crippen LogP) is 5.85. The Kier molecular flexibility index (Phi) is 8.15. The smallest absolute Gasteiger partial charge is 0.306 e. The number of ether oxygens (including phenoxy) is 2. The molecule has 2 amide bonds. The number of aryl methyl sites for hydroxylation is 1. The maximum Gasteiger partial charge on any atom is 0.306 e. The van der Waals surface area contributed by atoms with E-state index in [9.17, 15) is 14.4 Å². The van der Waals surface area contributed by atoms with Crippen LogP contribution in [0.25, 0.3) is 10.8 Å². The second-order valence-corrected chi connectivity index (χ2v) is 8.39. The van der Waals surface area contributed by atoms with E-state index in [0.717, 1.165) is 16.3 Å². The standard InChI is InChI=1S/C30H28N2O5/c1-3-37-28(33)16-11-20-7-6-10-24(17-20)31-30(35)26-15-14-25(36-2)19-27(26)32-29(34)23-13-12-21-8-4-5-9-22(21)18-23/h4-10,12-15,17-19H,3,11,16H2,1-2H3,(H,31,35)(H,32,34). The van der Waals surface area contributed by atoms with E-state index in [2.05, 4.69) is 10.6 Å². The molecule has 0 spiro atoms. The highest BCUT2D eigenvalue weighted by Gasteiger charge is 2.17. The molecule has 0 saturated carbocycles. The van der Waals surface area contributed by atoms with E-state index in [4.69, 9.17) is 9.47 Å². The molecule has 188 valence electrons. The molecule has 7 heteroatoms. The van der Waals surface area contributed by atoms with Crippen molar-refractivity contribution in [3.05, 3.63) is 102 Å².